The number of anilines is 1. The average Bonchev–Trinajstić information content (AvgIpc) is 2.40. The Balaban J connectivity index is 2.69. The SMILES string of the molecule is CNCCCC(=O)Nc1ccc(C)c(C(=O)OC)c1. The zero-order chi connectivity index (χ0) is 14.3. The first-order valence-electron chi connectivity index (χ1n) is 6.22. The Morgan fingerprint density at radius 3 is 2.68 bits per heavy atom. The Morgan fingerprint density at radius 2 is 2.05 bits per heavy atom. The number of benzene rings is 1. The zero-order valence-electron chi connectivity index (χ0n) is 11.6. The highest BCUT2D eigenvalue weighted by Crippen LogP contribution is 2.16. The third-order valence-electron chi connectivity index (χ3n) is 2.76. The third kappa shape index (κ3) is 4.71. The smallest absolute Gasteiger partial charge is 0.338 e. The summed E-state index contributed by atoms with van der Waals surface area (Å²) in [5, 5.41) is 5.76. The Hall–Kier alpha value is -1.88. The summed E-state index contributed by atoms with van der Waals surface area (Å²) in [6, 6.07) is 5.20. The molecular weight excluding hydrogens is 244 g/mol. The first-order chi connectivity index (χ1) is 9.08. The molecule has 0 saturated carbocycles. The minimum Gasteiger partial charge on any atom is -0.465 e. The van der Waals surface area contributed by atoms with E-state index in [1.165, 1.54) is 7.11 Å². The average molecular weight is 264 g/mol. The lowest BCUT2D eigenvalue weighted by atomic mass is 10.1. The minimum atomic E-state index is -0.399. The standard InChI is InChI=1S/C14H20N2O3/c1-10-6-7-11(9-12(10)14(18)19-3)16-13(17)5-4-8-15-2/h6-7,9,15H,4-5,8H2,1-3H3,(H,16,17). The molecule has 0 spiro atoms. The monoisotopic (exact) mass is 264 g/mol. The Bertz CT molecular complexity index is 458. The number of ether oxygens (including phenoxy) is 1. The number of methoxy groups -OCH3 is 1. The van der Waals surface area contributed by atoms with Gasteiger partial charge in [0.25, 0.3) is 0 Å². The van der Waals surface area contributed by atoms with Crippen molar-refractivity contribution in [2.24, 2.45) is 0 Å². The molecule has 0 aromatic heterocycles. The van der Waals surface area contributed by atoms with E-state index in [9.17, 15) is 9.59 Å². The largest absolute Gasteiger partial charge is 0.465 e. The van der Waals surface area contributed by atoms with Crippen molar-refractivity contribution in [3.05, 3.63) is 29.3 Å². The number of carbonyl (C=O) groups is 2. The number of amides is 1. The second-order valence-corrected chi connectivity index (χ2v) is 4.28. The molecule has 0 fully saturated rings. The summed E-state index contributed by atoms with van der Waals surface area (Å²) in [7, 11) is 3.19. The summed E-state index contributed by atoms with van der Waals surface area (Å²) >= 11 is 0. The molecule has 0 heterocycles. The van der Waals surface area contributed by atoms with E-state index >= 15 is 0 Å². The molecule has 1 aromatic rings. The fraction of sp³-hybridized carbons (Fsp3) is 0.429. The van der Waals surface area contributed by atoms with Crippen molar-refractivity contribution in [3.63, 3.8) is 0 Å². The molecule has 0 unspecified atom stereocenters. The molecule has 2 N–H and O–H groups in total. The maximum absolute atomic E-state index is 11.7. The van der Waals surface area contributed by atoms with E-state index in [-0.39, 0.29) is 5.91 Å². The molecule has 5 heteroatoms. The normalized spacial score (nSPS) is 10.1. The summed E-state index contributed by atoms with van der Waals surface area (Å²) in [6.07, 6.45) is 1.22. The summed E-state index contributed by atoms with van der Waals surface area (Å²) in [4.78, 5) is 23.2. The van der Waals surface area contributed by atoms with Gasteiger partial charge in [-0.25, -0.2) is 4.79 Å². The predicted octanol–water partition coefficient (Wildman–Crippen LogP) is 1.72. The maximum atomic E-state index is 11.7. The van der Waals surface area contributed by atoms with Gasteiger partial charge < -0.3 is 15.4 Å². The number of hydrogen-bond donors (Lipinski definition) is 2. The molecule has 0 aliphatic heterocycles. The molecular formula is C14H20N2O3. The molecule has 5 nitrogen and oxygen atoms in total. The van der Waals surface area contributed by atoms with Crippen LogP contribution in [0.4, 0.5) is 5.69 Å². The second-order valence-electron chi connectivity index (χ2n) is 4.28. The van der Waals surface area contributed by atoms with Gasteiger partial charge in [-0.1, -0.05) is 6.07 Å². The third-order valence-corrected chi connectivity index (χ3v) is 2.76. The van der Waals surface area contributed by atoms with Crippen LogP contribution in [0.5, 0.6) is 0 Å². The molecule has 1 rings (SSSR count). The Labute approximate surface area is 113 Å². The molecule has 0 aliphatic carbocycles. The topological polar surface area (TPSA) is 67.4 Å². The Kier molecular flexibility index (Phi) is 6.02. The molecule has 0 atom stereocenters. The number of rotatable bonds is 6. The second kappa shape index (κ2) is 7.53. The predicted molar refractivity (Wildman–Crippen MR) is 74.3 cm³/mol. The number of carbonyl (C=O) groups excluding carboxylic acids is 2. The van der Waals surface area contributed by atoms with Gasteiger partial charge in [0.1, 0.15) is 0 Å². The van der Waals surface area contributed by atoms with Crippen LogP contribution < -0.4 is 10.6 Å². The lowest BCUT2D eigenvalue weighted by molar-refractivity contribution is -0.116. The van der Waals surface area contributed by atoms with Gasteiger partial charge in [0.15, 0.2) is 0 Å². The number of hydrogen-bond acceptors (Lipinski definition) is 4. The van der Waals surface area contributed by atoms with Gasteiger partial charge in [-0.3, -0.25) is 4.79 Å². The van der Waals surface area contributed by atoms with E-state index in [1.807, 2.05) is 14.0 Å². The van der Waals surface area contributed by atoms with Crippen LogP contribution in [0.25, 0.3) is 0 Å². The van der Waals surface area contributed by atoms with E-state index in [1.54, 1.807) is 18.2 Å². The molecule has 0 bridgehead atoms. The maximum Gasteiger partial charge on any atom is 0.338 e. The van der Waals surface area contributed by atoms with Gasteiger partial charge >= 0.3 is 5.97 Å². The molecule has 1 aromatic carbocycles. The number of nitrogens with one attached hydrogen (secondary N) is 2. The van der Waals surface area contributed by atoms with Crippen LogP contribution in [-0.2, 0) is 9.53 Å². The fourth-order valence-electron chi connectivity index (χ4n) is 1.68. The lowest BCUT2D eigenvalue weighted by Crippen LogP contribution is -2.15. The summed E-state index contributed by atoms with van der Waals surface area (Å²) in [5.74, 6) is -0.460. The number of esters is 1. The van der Waals surface area contributed by atoms with Gasteiger partial charge in [-0.05, 0) is 44.6 Å². The van der Waals surface area contributed by atoms with Crippen LogP contribution >= 0.6 is 0 Å². The Morgan fingerprint density at radius 1 is 1.32 bits per heavy atom. The summed E-state index contributed by atoms with van der Waals surface area (Å²) < 4.78 is 4.70. The van der Waals surface area contributed by atoms with Crippen molar-refractivity contribution in [2.75, 3.05) is 26.0 Å². The molecule has 0 radical (unpaired) electrons. The van der Waals surface area contributed by atoms with Gasteiger partial charge in [0.2, 0.25) is 5.91 Å². The van der Waals surface area contributed by atoms with E-state index in [4.69, 9.17) is 4.74 Å². The summed E-state index contributed by atoms with van der Waals surface area (Å²) in [5.41, 5.74) is 1.90. The van der Waals surface area contributed by atoms with E-state index in [2.05, 4.69) is 10.6 Å². The van der Waals surface area contributed by atoms with Crippen molar-refractivity contribution in [2.45, 2.75) is 19.8 Å². The van der Waals surface area contributed by atoms with Crippen LogP contribution in [0.2, 0.25) is 0 Å². The highest BCUT2D eigenvalue weighted by Gasteiger charge is 2.11. The molecule has 1 amide bonds. The van der Waals surface area contributed by atoms with Gasteiger partial charge in [0, 0.05) is 12.1 Å². The van der Waals surface area contributed by atoms with Gasteiger partial charge in [-0.15, -0.1) is 0 Å². The van der Waals surface area contributed by atoms with Crippen molar-refractivity contribution in [1.82, 2.24) is 5.32 Å². The van der Waals surface area contributed by atoms with Crippen LogP contribution in [0.3, 0.4) is 0 Å². The van der Waals surface area contributed by atoms with Crippen LogP contribution in [0, 0.1) is 6.92 Å². The van der Waals surface area contributed by atoms with E-state index in [0.29, 0.717) is 17.7 Å². The fourth-order valence-corrected chi connectivity index (χ4v) is 1.68. The zero-order valence-corrected chi connectivity index (χ0v) is 11.6. The van der Waals surface area contributed by atoms with Crippen molar-refractivity contribution >= 4 is 17.6 Å². The van der Waals surface area contributed by atoms with Crippen LogP contribution in [0.15, 0.2) is 18.2 Å². The molecule has 0 aliphatic rings. The highest BCUT2D eigenvalue weighted by molar-refractivity contribution is 5.95. The minimum absolute atomic E-state index is 0.0603. The summed E-state index contributed by atoms with van der Waals surface area (Å²) in [6.45, 7) is 2.62. The highest BCUT2D eigenvalue weighted by atomic mass is 16.5. The molecule has 19 heavy (non-hydrogen) atoms. The van der Waals surface area contributed by atoms with Crippen LogP contribution in [-0.4, -0.2) is 32.6 Å². The van der Waals surface area contributed by atoms with Crippen molar-refractivity contribution < 1.29 is 14.3 Å². The molecule has 104 valence electrons. The van der Waals surface area contributed by atoms with E-state index in [0.717, 1.165) is 18.5 Å². The van der Waals surface area contributed by atoms with Gasteiger partial charge in [-0.2, -0.15) is 0 Å². The first-order valence-corrected chi connectivity index (χ1v) is 6.22. The van der Waals surface area contributed by atoms with Gasteiger partial charge in [0.05, 0.1) is 12.7 Å². The first kappa shape index (κ1) is 15.2. The van der Waals surface area contributed by atoms with Crippen molar-refractivity contribution in [3.8, 4) is 0 Å². The number of aryl methyl sites for hydroxylation is 1. The lowest BCUT2D eigenvalue weighted by Gasteiger charge is -2.09. The van der Waals surface area contributed by atoms with E-state index < -0.39 is 5.97 Å². The quantitative estimate of drug-likeness (QED) is 0.606. The van der Waals surface area contributed by atoms with Crippen molar-refractivity contribution in [1.29, 1.82) is 0 Å². The van der Waals surface area contributed by atoms with Crippen LogP contribution in [0.1, 0.15) is 28.8 Å². The molecule has 0 saturated heterocycles.